The van der Waals surface area contributed by atoms with Crippen molar-refractivity contribution in [2.24, 2.45) is 0 Å². The summed E-state index contributed by atoms with van der Waals surface area (Å²) < 4.78 is 37.7. The van der Waals surface area contributed by atoms with Crippen LogP contribution in [0, 0.1) is 0 Å². The lowest BCUT2D eigenvalue weighted by molar-refractivity contribution is 0.101. The second-order valence-corrected chi connectivity index (χ2v) is 8.24. The van der Waals surface area contributed by atoms with Crippen LogP contribution in [-0.4, -0.2) is 20.8 Å². The van der Waals surface area contributed by atoms with E-state index in [1.807, 2.05) is 6.92 Å². The number of hydrogen-bond donors (Lipinski definition) is 1. The summed E-state index contributed by atoms with van der Waals surface area (Å²) in [6.45, 7) is 2.48. The van der Waals surface area contributed by atoms with Crippen molar-refractivity contribution in [1.29, 1.82) is 0 Å². The molecule has 2 aromatic heterocycles. The van der Waals surface area contributed by atoms with Gasteiger partial charge in [0.2, 0.25) is 15.8 Å². The Balaban J connectivity index is 1.65. The van der Waals surface area contributed by atoms with Gasteiger partial charge in [0, 0.05) is 11.4 Å². The minimum atomic E-state index is -3.65. The molecule has 0 fully saturated rings. The average molecular weight is 391 g/mol. The molecule has 0 saturated heterocycles. The minimum absolute atomic E-state index is 0.103. The van der Waals surface area contributed by atoms with Gasteiger partial charge >= 0.3 is 0 Å². The Bertz CT molecular complexity index is 973. The van der Waals surface area contributed by atoms with Crippen molar-refractivity contribution in [2.45, 2.75) is 18.4 Å². The Labute approximate surface area is 155 Å². The van der Waals surface area contributed by atoms with Crippen LogP contribution in [0.15, 0.2) is 64.1 Å². The van der Waals surface area contributed by atoms with Crippen molar-refractivity contribution in [3.8, 4) is 5.75 Å². The normalized spacial score (nSPS) is 11.4. The number of ether oxygens (including phenoxy) is 1. The zero-order chi connectivity index (χ0) is 18.6. The van der Waals surface area contributed by atoms with Crippen molar-refractivity contribution in [2.75, 3.05) is 6.61 Å². The van der Waals surface area contributed by atoms with E-state index in [1.165, 1.54) is 29.7 Å². The van der Waals surface area contributed by atoms with Crippen molar-refractivity contribution in [1.82, 2.24) is 4.72 Å². The molecule has 0 aliphatic carbocycles. The molecule has 1 N–H and O–H groups in total. The van der Waals surface area contributed by atoms with E-state index in [1.54, 1.807) is 36.4 Å². The van der Waals surface area contributed by atoms with Gasteiger partial charge in [-0.05, 0) is 55.5 Å². The monoisotopic (exact) mass is 391 g/mol. The van der Waals surface area contributed by atoms with Gasteiger partial charge in [0.05, 0.1) is 22.6 Å². The first-order chi connectivity index (χ1) is 12.5. The summed E-state index contributed by atoms with van der Waals surface area (Å²) in [6, 6.07) is 12.8. The standard InChI is InChI=1S/C18H17NO5S2/c1-2-23-13-5-8-15(9-6-13)26(21,22)19-12-14-7-10-17(25-14)18(20)16-4-3-11-24-16/h3-11,19H,2,12H2,1H3. The molecule has 3 aromatic rings. The van der Waals surface area contributed by atoms with Crippen molar-refractivity contribution in [3.63, 3.8) is 0 Å². The van der Waals surface area contributed by atoms with E-state index in [0.29, 0.717) is 17.2 Å². The minimum Gasteiger partial charge on any atom is -0.494 e. The molecule has 0 radical (unpaired) electrons. The number of benzene rings is 1. The van der Waals surface area contributed by atoms with Gasteiger partial charge in [-0.1, -0.05) is 0 Å². The lowest BCUT2D eigenvalue weighted by atomic mass is 10.2. The molecule has 8 heteroatoms. The third kappa shape index (κ3) is 4.21. The molecule has 0 amide bonds. The van der Waals surface area contributed by atoms with Gasteiger partial charge in [-0.2, -0.15) is 0 Å². The average Bonchev–Trinajstić information content (AvgIpc) is 3.32. The zero-order valence-electron chi connectivity index (χ0n) is 14.0. The number of rotatable bonds is 8. The maximum atomic E-state index is 12.4. The van der Waals surface area contributed by atoms with Crippen LogP contribution in [0.25, 0.3) is 0 Å². The van der Waals surface area contributed by atoms with E-state index in [4.69, 9.17) is 9.15 Å². The number of hydrogen-bond acceptors (Lipinski definition) is 6. The van der Waals surface area contributed by atoms with Gasteiger partial charge in [-0.15, -0.1) is 11.3 Å². The third-order valence-corrected chi connectivity index (χ3v) is 6.01. The van der Waals surface area contributed by atoms with Crippen LogP contribution in [0.4, 0.5) is 0 Å². The summed E-state index contributed by atoms with van der Waals surface area (Å²) in [5.74, 6) is 0.653. The first kappa shape index (κ1) is 18.4. The highest BCUT2D eigenvalue weighted by Gasteiger charge is 2.17. The molecule has 26 heavy (non-hydrogen) atoms. The highest BCUT2D eigenvalue weighted by molar-refractivity contribution is 7.89. The Morgan fingerprint density at radius 2 is 1.92 bits per heavy atom. The highest BCUT2D eigenvalue weighted by atomic mass is 32.2. The van der Waals surface area contributed by atoms with Crippen molar-refractivity contribution in [3.05, 3.63) is 70.3 Å². The number of nitrogens with one attached hydrogen (secondary N) is 1. The Morgan fingerprint density at radius 1 is 1.15 bits per heavy atom. The molecule has 0 aliphatic heterocycles. The topological polar surface area (TPSA) is 85.6 Å². The molecule has 0 saturated carbocycles. The molecular weight excluding hydrogens is 374 g/mol. The van der Waals surface area contributed by atoms with Gasteiger partial charge in [0.1, 0.15) is 5.75 Å². The lowest BCUT2D eigenvalue weighted by Crippen LogP contribution is -2.22. The summed E-state index contributed by atoms with van der Waals surface area (Å²) in [5, 5.41) is 0. The fourth-order valence-corrected chi connectivity index (χ4v) is 4.25. The van der Waals surface area contributed by atoms with Crippen molar-refractivity contribution < 1.29 is 22.4 Å². The molecule has 3 rings (SSSR count). The smallest absolute Gasteiger partial charge is 0.240 e. The van der Waals surface area contributed by atoms with Gasteiger partial charge < -0.3 is 9.15 Å². The number of carbonyl (C=O) groups is 1. The fraction of sp³-hybridized carbons (Fsp3) is 0.167. The molecule has 0 unspecified atom stereocenters. The zero-order valence-corrected chi connectivity index (χ0v) is 15.6. The van der Waals surface area contributed by atoms with E-state index in [9.17, 15) is 13.2 Å². The summed E-state index contributed by atoms with van der Waals surface area (Å²) in [5.41, 5.74) is 0. The summed E-state index contributed by atoms with van der Waals surface area (Å²) >= 11 is 1.23. The molecule has 0 aliphatic rings. The molecule has 6 nitrogen and oxygen atoms in total. The van der Waals surface area contributed by atoms with Crippen LogP contribution >= 0.6 is 11.3 Å². The van der Waals surface area contributed by atoms with Crippen LogP contribution in [0.5, 0.6) is 5.75 Å². The Kier molecular flexibility index (Phi) is 5.55. The van der Waals surface area contributed by atoms with Gasteiger partial charge in [0.15, 0.2) is 5.76 Å². The first-order valence-corrected chi connectivity index (χ1v) is 10.2. The Hall–Kier alpha value is -2.42. The lowest BCUT2D eigenvalue weighted by Gasteiger charge is -2.07. The second kappa shape index (κ2) is 7.86. The number of carbonyl (C=O) groups excluding carboxylic acids is 1. The van der Waals surface area contributed by atoms with Crippen LogP contribution < -0.4 is 9.46 Å². The maximum absolute atomic E-state index is 12.4. The van der Waals surface area contributed by atoms with Crippen LogP contribution in [0.1, 0.15) is 27.2 Å². The second-order valence-electron chi connectivity index (χ2n) is 5.30. The largest absolute Gasteiger partial charge is 0.494 e. The number of thiophene rings is 1. The van der Waals surface area contributed by atoms with E-state index in [-0.39, 0.29) is 23.0 Å². The predicted molar refractivity (Wildman–Crippen MR) is 98.1 cm³/mol. The number of furan rings is 1. The van der Waals surface area contributed by atoms with Gasteiger partial charge in [-0.25, -0.2) is 13.1 Å². The molecule has 0 atom stereocenters. The highest BCUT2D eigenvalue weighted by Crippen LogP contribution is 2.21. The molecular formula is C18H17NO5S2. The van der Waals surface area contributed by atoms with Gasteiger partial charge in [0.25, 0.3) is 0 Å². The molecule has 2 heterocycles. The Morgan fingerprint density at radius 3 is 2.58 bits per heavy atom. The summed E-state index contributed by atoms with van der Waals surface area (Å²) in [7, 11) is -3.65. The van der Waals surface area contributed by atoms with Crippen LogP contribution in [0.2, 0.25) is 0 Å². The molecule has 0 bridgehead atoms. The first-order valence-electron chi connectivity index (χ1n) is 7.89. The summed E-state index contributed by atoms with van der Waals surface area (Å²) in [6.07, 6.45) is 1.44. The van der Waals surface area contributed by atoms with E-state index in [2.05, 4.69) is 4.72 Å². The quantitative estimate of drug-likeness (QED) is 0.595. The van der Waals surface area contributed by atoms with E-state index >= 15 is 0 Å². The maximum Gasteiger partial charge on any atom is 0.240 e. The molecule has 1 aromatic carbocycles. The summed E-state index contributed by atoms with van der Waals surface area (Å²) in [4.78, 5) is 13.6. The number of ketones is 1. The van der Waals surface area contributed by atoms with Crippen LogP contribution in [-0.2, 0) is 16.6 Å². The van der Waals surface area contributed by atoms with E-state index in [0.717, 1.165) is 4.88 Å². The predicted octanol–water partition coefficient (Wildman–Crippen LogP) is 3.45. The van der Waals surface area contributed by atoms with Crippen LogP contribution in [0.3, 0.4) is 0 Å². The SMILES string of the molecule is CCOc1ccc(S(=O)(=O)NCc2ccc(C(=O)c3ccco3)s2)cc1. The third-order valence-electron chi connectivity index (χ3n) is 3.51. The van der Waals surface area contributed by atoms with Gasteiger partial charge in [-0.3, -0.25) is 4.79 Å². The molecule has 0 spiro atoms. The fourth-order valence-electron chi connectivity index (χ4n) is 2.26. The van der Waals surface area contributed by atoms with E-state index < -0.39 is 10.0 Å². The molecule has 136 valence electrons. The number of sulfonamides is 1. The van der Waals surface area contributed by atoms with Crippen molar-refractivity contribution >= 4 is 27.1 Å².